The minimum atomic E-state index is 0.162. The molecule has 2 unspecified atom stereocenters. The lowest BCUT2D eigenvalue weighted by Crippen LogP contribution is -2.31. The Morgan fingerprint density at radius 3 is 2.55 bits per heavy atom. The van der Waals surface area contributed by atoms with Gasteiger partial charge < -0.3 is 5.32 Å². The van der Waals surface area contributed by atoms with Gasteiger partial charge in [0.05, 0.1) is 0 Å². The van der Waals surface area contributed by atoms with Crippen LogP contribution in [0, 0.1) is 25.7 Å². The Morgan fingerprint density at radius 2 is 1.85 bits per heavy atom. The van der Waals surface area contributed by atoms with Crippen LogP contribution >= 0.6 is 0 Å². The second-order valence-electron chi connectivity index (χ2n) is 6.67. The highest BCUT2D eigenvalue weighted by Gasteiger charge is 2.38. The van der Waals surface area contributed by atoms with Crippen LogP contribution in [0.15, 0.2) is 18.2 Å². The monoisotopic (exact) mass is 271 g/mol. The third-order valence-electron chi connectivity index (χ3n) is 5.24. The quantitative estimate of drug-likeness (QED) is 0.893. The highest BCUT2D eigenvalue weighted by molar-refractivity contribution is 5.88. The van der Waals surface area contributed by atoms with Gasteiger partial charge in [-0.15, -0.1) is 0 Å². The maximum Gasteiger partial charge on any atom is 0.140 e. The molecular weight excluding hydrogens is 246 g/mol. The first-order valence-corrected chi connectivity index (χ1v) is 7.95. The molecule has 1 heterocycles. The van der Waals surface area contributed by atoms with Gasteiger partial charge in [-0.05, 0) is 69.2 Å². The van der Waals surface area contributed by atoms with Crippen LogP contribution in [0.5, 0.6) is 0 Å². The molecule has 20 heavy (non-hydrogen) atoms. The van der Waals surface area contributed by atoms with E-state index >= 15 is 0 Å². The zero-order valence-electron chi connectivity index (χ0n) is 12.6. The van der Waals surface area contributed by atoms with Crippen molar-refractivity contribution in [3.05, 3.63) is 34.9 Å². The number of aryl methyl sites for hydroxylation is 2. The Bertz CT molecular complexity index is 502. The van der Waals surface area contributed by atoms with Crippen molar-refractivity contribution in [2.45, 2.75) is 45.4 Å². The summed E-state index contributed by atoms with van der Waals surface area (Å²) >= 11 is 0. The molecule has 1 N–H and O–H groups in total. The number of Topliss-reactive ketones (excluding diaryl/α,β-unsaturated/α-hetero) is 1. The van der Waals surface area contributed by atoms with E-state index in [9.17, 15) is 4.79 Å². The van der Waals surface area contributed by atoms with Crippen LogP contribution < -0.4 is 5.32 Å². The molecule has 1 saturated carbocycles. The van der Waals surface area contributed by atoms with Crippen LogP contribution in [0.25, 0.3) is 0 Å². The molecule has 1 aliphatic carbocycles. The third kappa shape index (κ3) is 2.67. The van der Waals surface area contributed by atoms with Crippen LogP contribution in [0.1, 0.15) is 48.3 Å². The van der Waals surface area contributed by atoms with E-state index in [1.807, 2.05) is 0 Å². The maximum absolute atomic E-state index is 12.4. The number of carbonyl (C=O) groups is 1. The summed E-state index contributed by atoms with van der Waals surface area (Å²) < 4.78 is 0. The van der Waals surface area contributed by atoms with E-state index in [4.69, 9.17) is 0 Å². The number of ketones is 1. The Kier molecular flexibility index (Phi) is 3.93. The lowest BCUT2D eigenvalue weighted by Gasteiger charge is -2.27. The van der Waals surface area contributed by atoms with Crippen LogP contribution in [0.2, 0.25) is 0 Å². The summed E-state index contributed by atoms with van der Waals surface area (Å²) in [7, 11) is 0. The third-order valence-corrected chi connectivity index (χ3v) is 5.24. The molecule has 2 nitrogen and oxygen atoms in total. The molecule has 0 aromatic heterocycles. The lowest BCUT2D eigenvalue weighted by molar-refractivity contribution is -0.118. The van der Waals surface area contributed by atoms with Crippen molar-refractivity contribution in [1.82, 2.24) is 5.32 Å². The van der Waals surface area contributed by atoms with Crippen LogP contribution in [-0.2, 0) is 4.79 Å². The first-order valence-electron chi connectivity index (χ1n) is 7.95. The zero-order valence-corrected chi connectivity index (χ0v) is 12.6. The van der Waals surface area contributed by atoms with Crippen LogP contribution in [-0.4, -0.2) is 18.9 Å². The van der Waals surface area contributed by atoms with E-state index in [1.54, 1.807) is 0 Å². The topological polar surface area (TPSA) is 29.1 Å². The molecule has 2 aliphatic rings. The Hall–Kier alpha value is -1.15. The van der Waals surface area contributed by atoms with Crippen molar-refractivity contribution < 1.29 is 4.79 Å². The van der Waals surface area contributed by atoms with Crippen molar-refractivity contribution in [1.29, 1.82) is 0 Å². The molecule has 1 aromatic carbocycles. The summed E-state index contributed by atoms with van der Waals surface area (Å²) in [5.74, 6) is 2.02. The van der Waals surface area contributed by atoms with Gasteiger partial charge in [-0.25, -0.2) is 0 Å². The Labute approximate surface area is 122 Å². The van der Waals surface area contributed by atoms with E-state index in [-0.39, 0.29) is 5.92 Å². The highest BCUT2D eigenvalue weighted by atomic mass is 16.1. The van der Waals surface area contributed by atoms with Gasteiger partial charge in [0, 0.05) is 12.3 Å². The highest BCUT2D eigenvalue weighted by Crippen LogP contribution is 2.42. The minimum absolute atomic E-state index is 0.162. The fourth-order valence-electron chi connectivity index (χ4n) is 4.11. The summed E-state index contributed by atoms with van der Waals surface area (Å²) in [6.07, 6.45) is 4.38. The number of piperidine rings is 1. The SMILES string of the molecule is Cc1ccc(C2CC(C3CCNCC3)CC2=O)c(C)c1. The predicted octanol–water partition coefficient (Wildman–Crippen LogP) is 3.37. The maximum atomic E-state index is 12.4. The average Bonchev–Trinajstić information content (AvgIpc) is 2.82. The second kappa shape index (κ2) is 5.69. The molecule has 2 atom stereocenters. The molecule has 0 amide bonds. The molecule has 3 rings (SSSR count). The van der Waals surface area contributed by atoms with Gasteiger partial charge in [-0.1, -0.05) is 23.8 Å². The molecule has 0 bridgehead atoms. The summed E-state index contributed by atoms with van der Waals surface area (Å²) in [6.45, 7) is 6.52. The van der Waals surface area contributed by atoms with Gasteiger partial charge in [0.25, 0.3) is 0 Å². The van der Waals surface area contributed by atoms with Crippen LogP contribution in [0.4, 0.5) is 0 Å². The number of nitrogens with one attached hydrogen (secondary N) is 1. The number of carbonyl (C=O) groups excluding carboxylic acids is 1. The molecule has 2 heteroatoms. The van der Waals surface area contributed by atoms with Crippen molar-refractivity contribution in [3.8, 4) is 0 Å². The lowest BCUT2D eigenvalue weighted by atomic mass is 9.82. The summed E-state index contributed by atoms with van der Waals surface area (Å²) in [5, 5.41) is 3.42. The van der Waals surface area contributed by atoms with E-state index in [2.05, 4.69) is 37.4 Å². The van der Waals surface area contributed by atoms with E-state index in [1.165, 1.54) is 29.5 Å². The first-order chi connectivity index (χ1) is 9.65. The molecule has 1 aliphatic heterocycles. The van der Waals surface area contributed by atoms with Gasteiger partial charge in [-0.3, -0.25) is 4.79 Å². The van der Waals surface area contributed by atoms with E-state index < -0.39 is 0 Å². The normalized spacial score (nSPS) is 28.0. The molecule has 1 saturated heterocycles. The Balaban J connectivity index is 1.76. The molecule has 0 spiro atoms. The Morgan fingerprint density at radius 1 is 1.10 bits per heavy atom. The predicted molar refractivity (Wildman–Crippen MR) is 82.0 cm³/mol. The average molecular weight is 271 g/mol. The van der Waals surface area contributed by atoms with E-state index in [0.717, 1.165) is 31.8 Å². The van der Waals surface area contributed by atoms with Crippen molar-refractivity contribution in [2.75, 3.05) is 13.1 Å². The molecular formula is C18H25NO. The van der Waals surface area contributed by atoms with E-state index in [0.29, 0.717) is 11.7 Å². The smallest absolute Gasteiger partial charge is 0.140 e. The zero-order chi connectivity index (χ0) is 14.1. The summed E-state index contributed by atoms with van der Waals surface area (Å²) in [6, 6.07) is 6.53. The standard InChI is InChI=1S/C18H25NO/c1-12-3-4-16(13(2)9-12)17-10-15(11-18(17)20)14-5-7-19-8-6-14/h3-4,9,14-15,17,19H,5-8,10-11H2,1-2H3. The molecule has 1 aromatic rings. The first kappa shape index (κ1) is 13.8. The second-order valence-corrected chi connectivity index (χ2v) is 6.67. The van der Waals surface area contributed by atoms with Gasteiger partial charge in [0.1, 0.15) is 5.78 Å². The number of hydrogen-bond donors (Lipinski definition) is 1. The molecule has 2 fully saturated rings. The van der Waals surface area contributed by atoms with Gasteiger partial charge in [0.2, 0.25) is 0 Å². The van der Waals surface area contributed by atoms with Gasteiger partial charge >= 0.3 is 0 Å². The van der Waals surface area contributed by atoms with Crippen LogP contribution in [0.3, 0.4) is 0 Å². The minimum Gasteiger partial charge on any atom is -0.317 e. The number of benzene rings is 1. The van der Waals surface area contributed by atoms with Crippen molar-refractivity contribution >= 4 is 5.78 Å². The van der Waals surface area contributed by atoms with Crippen molar-refractivity contribution in [2.24, 2.45) is 11.8 Å². The van der Waals surface area contributed by atoms with Gasteiger partial charge in [0.15, 0.2) is 0 Å². The molecule has 0 radical (unpaired) electrons. The number of rotatable bonds is 2. The largest absolute Gasteiger partial charge is 0.317 e. The summed E-state index contributed by atoms with van der Waals surface area (Å²) in [5.41, 5.74) is 3.85. The molecule has 108 valence electrons. The van der Waals surface area contributed by atoms with Gasteiger partial charge in [-0.2, -0.15) is 0 Å². The summed E-state index contributed by atoms with van der Waals surface area (Å²) in [4.78, 5) is 12.4. The fourth-order valence-corrected chi connectivity index (χ4v) is 4.11. The van der Waals surface area contributed by atoms with Crippen molar-refractivity contribution in [3.63, 3.8) is 0 Å². The number of hydrogen-bond acceptors (Lipinski definition) is 2. The fraction of sp³-hybridized carbons (Fsp3) is 0.611.